The molecule has 1 amide bonds. The van der Waals surface area contributed by atoms with E-state index < -0.39 is 10.0 Å². The molecule has 0 fully saturated rings. The molecular formula is C19H23FN2O3S. The van der Waals surface area contributed by atoms with Crippen molar-refractivity contribution < 1.29 is 17.6 Å². The zero-order chi connectivity index (χ0) is 19.2. The molecule has 0 saturated heterocycles. The Labute approximate surface area is 154 Å². The number of rotatable bonds is 8. The average molecular weight is 378 g/mol. The number of amides is 1. The van der Waals surface area contributed by atoms with E-state index in [0.717, 1.165) is 21.7 Å². The third-order valence-corrected chi connectivity index (χ3v) is 5.28. The van der Waals surface area contributed by atoms with Gasteiger partial charge in [0.1, 0.15) is 5.82 Å². The van der Waals surface area contributed by atoms with Crippen LogP contribution in [0.15, 0.2) is 54.6 Å². The maximum atomic E-state index is 13.0. The van der Waals surface area contributed by atoms with Crippen molar-refractivity contribution in [2.45, 2.75) is 13.0 Å². The zero-order valence-electron chi connectivity index (χ0n) is 14.9. The fourth-order valence-electron chi connectivity index (χ4n) is 2.48. The van der Waals surface area contributed by atoms with Gasteiger partial charge >= 0.3 is 0 Å². The Kier molecular flexibility index (Phi) is 6.88. The smallest absolute Gasteiger partial charge is 0.237 e. The number of halogens is 1. The second kappa shape index (κ2) is 8.91. The number of carbonyl (C=O) groups is 1. The molecule has 0 saturated carbocycles. The second-order valence-electron chi connectivity index (χ2n) is 6.21. The summed E-state index contributed by atoms with van der Waals surface area (Å²) in [6, 6.07) is 15.4. The number of hydrogen-bond donors (Lipinski definition) is 0. The van der Waals surface area contributed by atoms with Crippen molar-refractivity contribution in [1.29, 1.82) is 0 Å². The van der Waals surface area contributed by atoms with Gasteiger partial charge in [-0.1, -0.05) is 42.5 Å². The summed E-state index contributed by atoms with van der Waals surface area (Å²) in [5, 5.41) is 0. The molecule has 0 heterocycles. The Hall–Kier alpha value is -2.25. The lowest BCUT2D eigenvalue weighted by molar-refractivity contribution is -0.130. The highest BCUT2D eigenvalue weighted by Gasteiger charge is 2.22. The van der Waals surface area contributed by atoms with Crippen LogP contribution in [0.4, 0.5) is 4.39 Å². The van der Waals surface area contributed by atoms with Crippen LogP contribution >= 0.6 is 0 Å². The van der Waals surface area contributed by atoms with Gasteiger partial charge in [-0.3, -0.25) is 4.79 Å². The molecule has 140 valence electrons. The fraction of sp³-hybridized carbons (Fsp3) is 0.316. The summed E-state index contributed by atoms with van der Waals surface area (Å²) >= 11 is 0. The van der Waals surface area contributed by atoms with Crippen LogP contribution in [0.3, 0.4) is 0 Å². The maximum absolute atomic E-state index is 13.0. The van der Waals surface area contributed by atoms with Gasteiger partial charge in [0, 0.05) is 20.1 Å². The quantitative estimate of drug-likeness (QED) is 0.708. The Balaban J connectivity index is 1.98. The summed E-state index contributed by atoms with van der Waals surface area (Å²) in [6.45, 7) is 0.355. The molecule has 2 aromatic carbocycles. The van der Waals surface area contributed by atoms with Crippen molar-refractivity contribution in [3.05, 3.63) is 71.5 Å². The molecule has 0 atom stereocenters. The van der Waals surface area contributed by atoms with E-state index in [-0.39, 0.29) is 24.8 Å². The van der Waals surface area contributed by atoms with E-state index >= 15 is 0 Å². The molecule has 0 radical (unpaired) electrons. The van der Waals surface area contributed by atoms with Gasteiger partial charge in [0.05, 0.1) is 12.8 Å². The monoisotopic (exact) mass is 378 g/mol. The standard InChI is InChI=1S/C19H23FN2O3S/c1-21(14-17-6-4-3-5-7-17)19(23)15-22(26(2,24)25)13-12-16-8-10-18(20)11-9-16/h3-11H,12-15H2,1-2H3. The number of benzene rings is 2. The van der Waals surface area contributed by atoms with Crippen LogP contribution in [0, 0.1) is 5.82 Å². The molecule has 0 aliphatic heterocycles. The minimum absolute atomic E-state index is 0.162. The highest BCUT2D eigenvalue weighted by molar-refractivity contribution is 7.88. The number of hydrogen-bond acceptors (Lipinski definition) is 3. The van der Waals surface area contributed by atoms with E-state index in [2.05, 4.69) is 0 Å². The summed E-state index contributed by atoms with van der Waals surface area (Å²) in [4.78, 5) is 13.9. The SMILES string of the molecule is CN(Cc1ccccc1)C(=O)CN(CCc1ccc(F)cc1)S(C)(=O)=O. The van der Waals surface area contributed by atoms with Crippen molar-refractivity contribution in [3.8, 4) is 0 Å². The molecule has 2 aromatic rings. The molecule has 2 rings (SSSR count). The van der Waals surface area contributed by atoms with Gasteiger partial charge in [-0.15, -0.1) is 0 Å². The van der Waals surface area contributed by atoms with E-state index in [9.17, 15) is 17.6 Å². The Morgan fingerprint density at radius 1 is 1.00 bits per heavy atom. The Morgan fingerprint density at radius 3 is 2.19 bits per heavy atom. The van der Waals surface area contributed by atoms with E-state index in [4.69, 9.17) is 0 Å². The first-order valence-electron chi connectivity index (χ1n) is 8.23. The molecule has 0 bridgehead atoms. The van der Waals surface area contributed by atoms with Crippen LogP contribution < -0.4 is 0 Å². The molecular weight excluding hydrogens is 355 g/mol. The summed E-state index contributed by atoms with van der Waals surface area (Å²) in [5.74, 6) is -0.621. The lowest BCUT2D eigenvalue weighted by Crippen LogP contribution is -2.41. The Morgan fingerprint density at radius 2 is 1.62 bits per heavy atom. The molecule has 0 aliphatic rings. The third-order valence-electron chi connectivity index (χ3n) is 4.03. The van der Waals surface area contributed by atoms with Crippen molar-refractivity contribution in [2.24, 2.45) is 0 Å². The van der Waals surface area contributed by atoms with Crippen LogP contribution in [-0.4, -0.2) is 49.9 Å². The first-order valence-corrected chi connectivity index (χ1v) is 10.1. The molecule has 0 aromatic heterocycles. The van der Waals surface area contributed by atoms with Gasteiger partial charge in [0.25, 0.3) is 0 Å². The van der Waals surface area contributed by atoms with Crippen molar-refractivity contribution in [3.63, 3.8) is 0 Å². The molecule has 5 nitrogen and oxygen atoms in total. The minimum Gasteiger partial charge on any atom is -0.340 e. The van der Waals surface area contributed by atoms with Gasteiger partial charge in [0.2, 0.25) is 15.9 Å². The summed E-state index contributed by atoms with van der Waals surface area (Å²) in [6.07, 6.45) is 1.49. The molecule has 0 spiro atoms. The third kappa shape index (κ3) is 6.24. The predicted molar refractivity (Wildman–Crippen MR) is 99.4 cm³/mol. The molecule has 0 aliphatic carbocycles. The van der Waals surface area contributed by atoms with Crippen molar-refractivity contribution in [2.75, 3.05) is 26.4 Å². The van der Waals surface area contributed by atoms with Crippen LogP contribution in [0.25, 0.3) is 0 Å². The van der Waals surface area contributed by atoms with Gasteiger partial charge in [-0.25, -0.2) is 12.8 Å². The van der Waals surface area contributed by atoms with Crippen LogP contribution in [0.2, 0.25) is 0 Å². The first-order chi connectivity index (χ1) is 12.3. The van der Waals surface area contributed by atoms with E-state index in [1.165, 1.54) is 17.0 Å². The van der Waals surface area contributed by atoms with Gasteiger partial charge in [-0.05, 0) is 29.7 Å². The normalized spacial score (nSPS) is 11.5. The summed E-state index contributed by atoms with van der Waals surface area (Å²) in [5.41, 5.74) is 1.78. The molecule has 26 heavy (non-hydrogen) atoms. The van der Waals surface area contributed by atoms with Gasteiger partial charge in [-0.2, -0.15) is 4.31 Å². The van der Waals surface area contributed by atoms with Crippen molar-refractivity contribution in [1.82, 2.24) is 9.21 Å². The summed E-state index contributed by atoms with van der Waals surface area (Å²) < 4.78 is 38.1. The number of sulfonamides is 1. The number of nitrogens with zero attached hydrogens (tertiary/aromatic N) is 2. The first kappa shape index (κ1) is 20.1. The van der Waals surface area contributed by atoms with Crippen LogP contribution in [0.5, 0.6) is 0 Å². The predicted octanol–water partition coefficient (Wildman–Crippen LogP) is 2.29. The highest BCUT2D eigenvalue weighted by atomic mass is 32.2. The minimum atomic E-state index is -3.53. The van der Waals surface area contributed by atoms with E-state index in [0.29, 0.717) is 13.0 Å². The maximum Gasteiger partial charge on any atom is 0.237 e. The average Bonchev–Trinajstić information content (AvgIpc) is 2.59. The zero-order valence-corrected chi connectivity index (χ0v) is 15.7. The lowest BCUT2D eigenvalue weighted by Gasteiger charge is -2.23. The highest BCUT2D eigenvalue weighted by Crippen LogP contribution is 2.08. The van der Waals surface area contributed by atoms with Crippen LogP contribution in [0.1, 0.15) is 11.1 Å². The topological polar surface area (TPSA) is 57.7 Å². The van der Waals surface area contributed by atoms with Crippen LogP contribution in [-0.2, 0) is 27.8 Å². The largest absolute Gasteiger partial charge is 0.340 e. The van der Waals surface area contributed by atoms with Gasteiger partial charge in [0.15, 0.2) is 0 Å². The Bertz CT molecular complexity index is 824. The lowest BCUT2D eigenvalue weighted by atomic mass is 10.1. The van der Waals surface area contributed by atoms with E-state index in [1.54, 1.807) is 19.2 Å². The van der Waals surface area contributed by atoms with Crippen molar-refractivity contribution >= 4 is 15.9 Å². The second-order valence-corrected chi connectivity index (χ2v) is 8.19. The number of carbonyl (C=O) groups excluding carboxylic acids is 1. The molecule has 0 unspecified atom stereocenters. The summed E-state index contributed by atoms with van der Waals surface area (Å²) in [7, 11) is -1.88. The van der Waals surface area contributed by atoms with E-state index in [1.807, 2.05) is 30.3 Å². The molecule has 7 heteroatoms. The molecule has 0 N–H and O–H groups in total. The number of likely N-dealkylation sites (N-methyl/N-ethyl adjacent to an activating group) is 1. The fourth-order valence-corrected chi connectivity index (χ4v) is 3.25. The van der Waals surface area contributed by atoms with Gasteiger partial charge < -0.3 is 4.90 Å².